The van der Waals surface area contributed by atoms with Gasteiger partial charge < -0.3 is 5.32 Å². The first-order chi connectivity index (χ1) is 14.7. The molecule has 0 bridgehead atoms. The first kappa shape index (κ1) is 25.7. The van der Waals surface area contributed by atoms with Gasteiger partial charge in [0.15, 0.2) is 0 Å². The molecule has 32 heavy (non-hydrogen) atoms. The lowest BCUT2D eigenvalue weighted by molar-refractivity contribution is -0.137. The van der Waals surface area contributed by atoms with E-state index in [0.717, 1.165) is 28.1 Å². The smallest absolute Gasteiger partial charge is 0.351 e. The Balaban J connectivity index is 2.50. The molecule has 5 nitrogen and oxygen atoms in total. The van der Waals surface area contributed by atoms with Crippen molar-refractivity contribution in [2.45, 2.75) is 51.7 Å². The second-order valence-corrected chi connectivity index (χ2v) is 10.3. The zero-order valence-corrected chi connectivity index (χ0v) is 19.6. The summed E-state index contributed by atoms with van der Waals surface area (Å²) in [6.45, 7) is 8.86. The van der Waals surface area contributed by atoms with Gasteiger partial charge in [-0.3, -0.25) is 9.10 Å². The molecule has 0 aromatic heterocycles. The minimum absolute atomic E-state index is 0.0923. The lowest BCUT2D eigenvalue weighted by atomic mass is 9.93. The van der Waals surface area contributed by atoms with Gasteiger partial charge in [-0.25, -0.2) is 8.42 Å². The fourth-order valence-corrected chi connectivity index (χ4v) is 4.87. The molecule has 0 aliphatic rings. The number of hydrogen-bond acceptors (Lipinski definition) is 3. The third-order valence-corrected chi connectivity index (χ3v) is 6.91. The number of anilines is 1. The number of amides is 1. The van der Waals surface area contributed by atoms with Crippen molar-refractivity contribution in [1.82, 2.24) is 5.32 Å². The highest BCUT2D eigenvalue weighted by molar-refractivity contribution is 7.92. The van der Waals surface area contributed by atoms with Gasteiger partial charge in [0.2, 0.25) is 5.91 Å². The summed E-state index contributed by atoms with van der Waals surface area (Å²) in [4.78, 5) is 12.7. The number of rotatable bonds is 8. The second kappa shape index (κ2) is 9.94. The monoisotopic (exact) mass is 470 g/mol. The zero-order valence-electron chi connectivity index (χ0n) is 18.8. The number of halogens is 3. The van der Waals surface area contributed by atoms with E-state index < -0.39 is 34.2 Å². The summed E-state index contributed by atoms with van der Waals surface area (Å²) in [6, 6.07) is 9.66. The predicted octanol–water partition coefficient (Wildman–Crippen LogP) is 5.01. The van der Waals surface area contributed by atoms with Crippen LogP contribution in [0.1, 0.15) is 38.8 Å². The van der Waals surface area contributed by atoms with E-state index in [0.29, 0.717) is 0 Å². The lowest BCUT2D eigenvalue weighted by Crippen LogP contribution is -2.47. The minimum atomic E-state index is -4.65. The van der Waals surface area contributed by atoms with Crippen LogP contribution >= 0.6 is 0 Å². The molecule has 2 aromatic rings. The Morgan fingerprint density at radius 2 is 1.56 bits per heavy atom. The van der Waals surface area contributed by atoms with Crippen LogP contribution in [0.3, 0.4) is 0 Å². The van der Waals surface area contributed by atoms with Crippen LogP contribution in [0, 0.1) is 18.8 Å². The maximum absolute atomic E-state index is 13.4. The molecule has 9 heteroatoms. The van der Waals surface area contributed by atoms with Crippen LogP contribution in [0.15, 0.2) is 53.4 Å². The highest BCUT2D eigenvalue weighted by Gasteiger charge is 2.33. The summed E-state index contributed by atoms with van der Waals surface area (Å²) < 4.78 is 67.2. The highest BCUT2D eigenvalue weighted by Crippen LogP contribution is 2.33. The molecule has 0 saturated carbocycles. The van der Waals surface area contributed by atoms with Crippen molar-refractivity contribution in [3.05, 3.63) is 59.7 Å². The van der Waals surface area contributed by atoms with E-state index in [1.165, 1.54) is 18.2 Å². The van der Waals surface area contributed by atoms with Crippen LogP contribution in [0.5, 0.6) is 0 Å². The van der Waals surface area contributed by atoms with Crippen molar-refractivity contribution in [3.63, 3.8) is 0 Å². The molecule has 0 atom stereocenters. The van der Waals surface area contributed by atoms with Crippen molar-refractivity contribution in [2.75, 3.05) is 10.8 Å². The number of hydrogen-bond donors (Lipinski definition) is 1. The van der Waals surface area contributed by atoms with E-state index in [1.54, 1.807) is 19.1 Å². The molecule has 0 spiro atoms. The molecular formula is C23H29F3N2O3S. The SMILES string of the molecule is Cc1ccc(S(=O)(=O)N(CC(=O)NC(C(C)C)C(C)C)c2cccc(C(F)(F)F)c2)cc1. The van der Waals surface area contributed by atoms with Gasteiger partial charge in [-0.1, -0.05) is 51.5 Å². The van der Waals surface area contributed by atoms with E-state index in [2.05, 4.69) is 5.32 Å². The normalized spacial score (nSPS) is 12.5. The third-order valence-electron chi connectivity index (χ3n) is 5.12. The summed E-state index contributed by atoms with van der Waals surface area (Å²) in [5.74, 6) is -0.408. The number of nitrogens with zero attached hydrogens (tertiary/aromatic N) is 1. The largest absolute Gasteiger partial charge is 0.416 e. The van der Waals surface area contributed by atoms with E-state index in [4.69, 9.17) is 0 Å². The van der Waals surface area contributed by atoms with Crippen molar-refractivity contribution >= 4 is 21.6 Å². The van der Waals surface area contributed by atoms with Gasteiger partial charge in [0.05, 0.1) is 16.1 Å². The standard InChI is InChI=1S/C23H29F3N2O3S/c1-15(2)22(16(3)4)27-21(29)14-28(19-8-6-7-18(13-19)23(24,25)26)32(30,31)20-11-9-17(5)10-12-20/h6-13,15-16,22H,14H2,1-5H3,(H,27,29). The zero-order chi connectivity index (χ0) is 24.3. The number of carbonyl (C=O) groups is 1. The maximum Gasteiger partial charge on any atom is 0.416 e. The van der Waals surface area contributed by atoms with Gasteiger partial charge in [-0.15, -0.1) is 0 Å². The molecule has 2 rings (SSSR count). The average Bonchev–Trinajstić information content (AvgIpc) is 2.69. The molecular weight excluding hydrogens is 441 g/mol. The average molecular weight is 471 g/mol. The first-order valence-electron chi connectivity index (χ1n) is 10.3. The molecule has 0 radical (unpaired) electrons. The number of carbonyl (C=O) groups excluding carboxylic acids is 1. The Hall–Kier alpha value is -2.55. The van der Waals surface area contributed by atoms with E-state index in [1.807, 2.05) is 27.7 Å². The summed E-state index contributed by atoms with van der Waals surface area (Å²) in [5.41, 5.74) is -0.410. The van der Waals surface area contributed by atoms with Crippen LogP contribution < -0.4 is 9.62 Å². The summed E-state index contributed by atoms with van der Waals surface area (Å²) in [7, 11) is -4.30. The molecule has 2 aromatic carbocycles. The molecule has 1 amide bonds. The first-order valence-corrected chi connectivity index (χ1v) is 11.7. The van der Waals surface area contributed by atoms with Crippen LogP contribution in [0.2, 0.25) is 0 Å². The predicted molar refractivity (Wildman–Crippen MR) is 119 cm³/mol. The Kier molecular flexibility index (Phi) is 7.98. The second-order valence-electron chi connectivity index (χ2n) is 8.45. The Morgan fingerprint density at radius 3 is 2.06 bits per heavy atom. The maximum atomic E-state index is 13.4. The number of sulfonamides is 1. The molecule has 0 heterocycles. The fraction of sp³-hybridized carbons (Fsp3) is 0.435. The molecule has 0 aliphatic heterocycles. The fourth-order valence-electron chi connectivity index (χ4n) is 3.45. The Labute approximate surface area is 187 Å². The highest BCUT2D eigenvalue weighted by atomic mass is 32.2. The van der Waals surface area contributed by atoms with Gasteiger partial charge in [0.1, 0.15) is 6.54 Å². The Morgan fingerprint density at radius 1 is 1.00 bits per heavy atom. The molecule has 1 N–H and O–H groups in total. The molecule has 0 unspecified atom stereocenters. The number of aryl methyl sites for hydroxylation is 1. The summed E-state index contributed by atoms with van der Waals surface area (Å²) in [5, 5.41) is 2.83. The van der Waals surface area contributed by atoms with Crippen LogP contribution in [0.25, 0.3) is 0 Å². The van der Waals surface area contributed by atoms with Crippen molar-refractivity contribution in [2.24, 2.45) is 11.8 Å². The van der Waals surface area contributed by atoms with Gasteiger partial charge in [0, 0.05) is 6.04 Å². The third kappa shape index (κ3) is 6.25. The summed E-state index contributed by atoms with van der Waals surface area (Å²) >= 11 is 0. The van der Waals surface area contributed by atoms with Crippen molar-refractivity contribution in [3.8, 4) is 0 Å². The molecule has 0 fully saturated rings. The molecule has 0 saturated heterocycles. The Bertz CT molecular complexity index is 1030. The van der Waals surface area contributed by atoms with Crippen LogP contribution in [-0.4, -0.2) is 26.9 Å². The molecule has 0 aliphatic carbocycles. The minimum Gasteiger partial charge on any atom is -0.351 e. The van der Waals surface area contributed by atoms with Gasteiger partial charge in [0.25, 0.3) is 10.0 Å². The van der Waals surface area contributed by atoms with Gasteiger partial charge in [-0.05, 0) is 49.1 Å². The van der Waals surface area contributed by atoms with Crippen LogP contribution in [-0.2, 0) is 21.0 Å². The summed E-state index contributed by atoms with van der Waals surface area (Å²) in [6.07, 6.45) is -4.65. The van der Waals surface area contributed by atoms with E-state index in [9.17, 15) is 26.4 Å². The van der Waals surface area contributed by atoms with Gasteiger partial charge >= 0.3 is 6.18 Å². The number of nitrogens with one attached hydrogen (secondary N) is 1. The van der Waals surface area contributed by atoms with E-state index in [-0.39, 0.29) is 28.5 Å². The van der Waals surface area contributed by atoms with E-state index >= 15 is 0 Å². The topological polar surface area (TPSA) is 66.5 Å². The van der Waals surface area contributed by atoms with Gasteiger partial charge in [-0.2, -0.15) is 13.2 Å². The quantitative estimate of drug-likeness (QED) is 0.590. The lowest BCUT2D eigenvalue weighted by Gasteiger charge is -2.29. The van der Waals surface area contributed by atoms with Crippen molar-refractivity contribution < 1.29 is 26.4 Å². The number of alkyl halides is 3. The number of benzene rings is 2. The van der Waals surface area contributed by atoms with Crippen LogP contribution in [0.4, 0.5) is 18.9 Å². The molecule has 176 valence electrons. The van der Waals surface area contributed by atoms with Crippen molar-refractivity contribution in [1.29, 1.82) is 0 Å².